The first-order valence-corrected chi connectivity index (χ1v) is 11.0. The first-order chi connectivity index (χ1) is 16.4. The molecule has 0 unspecified atom stereocenters. The summed E-state index contributed by atoms with van der Waals surface area (Å²) in [6, 6.07) is 12.9. The molecule has 0 saturated carbocycles. The quantitative estimate of drug-likeness (QED) is 0.437. The van der Waals surface area contributed by atoms with Gasteiger partial charge in [0.05, 0.1) is 5.52 Å². The van der Waals surface area contributed by atoms with Crippen LogP contribution in [0.2, 0.25) is 0 Å². The fourth-order valence-electron chi connectivity index (χ4n) is 4.09. The van der Waals surface area contributed by atoms with Crippen molar-refractivity contribution in [3.8, 4) is 11.5 Å². The Hall–Kier alpha value is -4.14. The van der Waals surface area contributed by atoms with E-state index in [2.05, 4.69) is 10.4 Å². The number of fused-ring (bicyclic) bond motifs is 4. The van der Waals surface area contributed by atoms with Crippen LogP contribution in [0.15, 0.2) is 42.5 Å². The van der Waals surface area contributed by atoms with Crippen molar-refractivity contribution in [2.45, 2.75) is 39.7 Å². The summed E-state index contributed by atoms with van der Waals surface area (Å²) in [6.07, 6.45) is -0.388. The van der Waals surface area contributed by atoms with Gasteiger partial charge in [0.2, 0.25) is 6.79 Å². The molecule has 4 aromatic rings. The van der Waals surface area contributed by atoms with Gasteiger partial charge in [-0.15, -0.1) is 0 Å². The lowest BCUT2D eigenvalue weighted by molar-refractivity contribution is -0.153. The van der Waals surface area contributed by atoms with Gasteiger partial charge in [-0.1, -0.05) is 12.1 Å². The van der Waals surface area contributed by atoms with Crippen molar-refractivity contribution in [3.05, 3.63) is 59.4 Å². The molecule has 2 aromatic heterocycles. The zero-order valence-corrected chi connectivity index (χ0v) is 19.1. The van der Waals surface area contributed by atoms with E-state index in [0.29, 0.717) is 23.6 Å². The topological polar surface area (TPSA) is 104 Å². The smallest absolute Gasteiger partial charge is 0.306 e. The first kappa shape index (κ1) is 21.7. The van der Waals surface area contributed by atoms with E-state index in [0.717, 1.165) is 33.5 Å². The molecule has 0 spiro atoms. The van der Waals surface area contributed by atoms with Gasteiger partial charge in [0.25, 0.3) is 5.91 Å². The van der Waals surface area contributed by atoms with E-state index in [1.165, 1.54) is 0 Å². The molecule has 9 nitrogen and oxygen atoms in total. The summed E-state index contributed by atoms with van der Waals surface area (Å²) in [4.78, 5) is 29.7. The second-order valence-electron chi connectivity index (χ2n) is 8.20. The van der Waals surface area contributed by atoms with E-state index in [-0.39, 0.29) is 13.2 Å². The number of hydrogen-bond donors (Lipinski definition) is 1. The van der Waals surface area contributed by atoms with Gasteiger partial charge in [0.1, 0.15) is 0 Å². The van der Waals surface area contributed by atoms with Crippen molar-refractivity contribution in [2.75, 3.05) is 12.1 Å². The average molecular weight is 460 g/mol. The molecule has 174 valence electrons. The first-order valence-electron chi connectivity index (χ1n) is 11.0. The number of ether oxygens (including phenoxy) is 3. The number of benzene rings is 2. The Morgan fingerprint density at radius 2 is 1.94 bits per heavy atom. The number of esters is 1. The molecule has 34 heavy (non-hydrogen) atoms. The highest BCUT2D eigenvalue weighted by molar-refractivity contribution is 5.95. The van der Waals surface area contributed by atoms with E-state index >= 15 is 0 Å². The van der Waals surface area contributed by atoms with Crippen LogP contribution in [0.5, 0.6) is 11.5 Å². The normalized spacial score (nSPS) is 13.3. The number of aromatic nitrogens is 3. The summed E-state index contributed by atoms with van der Waals surface area (Å²) in [5.74, 6) is 0.298. The molecule has 5 rings (SSSR count). The molecule has 1 N–H and O–H groups in total. The number of carbonyl (C=O) groups excluding carboxylic acids is 2. The summed E-state index contributed by atoms with van der Waals surface area (Å²) in [5.41, 5.74) is 4.92. The Morgan fingerprint density at radius 3 is 2.79 bits per heavy atom. The van der Waals surface area contributed by atoms with E-state index in [4.69, 9.17) is 19.2 Å². The van der Waals surface area contributed by atoms with Gasteiger partial charge in [0, 0.05) is 34.9 Å². The van der Waals surface area contributed by atoms with Crippen LogP contribution in [0.25, 0.3) is 16.6 Å². The second-order valence-corrected chi connectivity index (χ2v) is 8.20. The summed E-state index contributed by atoms with van der Waals surface area (Å²) in [6.45, 7) is 5.59. The molecular weight excluding hydrogens is 436 g/mol. The lowest BCUT2D eigenvalue weighted by atomic mass is 10.1. The van der Waals surface area contributed by atoms with E-state index in [1.54, 1.807) is 25.1 Å². The van der Waals surface area contributed by atoms with Gasteiger partial charge < -0.3 is 19.5 Å². The molecule has 9 heteroatoms. The van der Waals surface area contributed by atoms with Crippen LogP contribution in [0.3, 0.4) is 0 Å². The molecule has 1 amide bonds. The molecule has 3 heterocycles. The van der Waals surface area contributed by atoms with Gasteiger partial charge in [-0.2, -0.15) is 5.10 Å². The number of hydrogen-bond acceptors (Lipinski definition) is 7. The molecule has 0 radical (unpaired) electrons. The predicted molar refractivity (Wildman–Crippen MR) is 125 cm³/mol. The van der Waals surface area contributed by atoms with Crippen molar-refractivity contribution in [3.63, 3.8) is 0 Å². The van der Waals surface area contributed by atoms with Crippen LogP contribution in [-0.2, 0) is 20.7 Å². The number of amides is 1. The Balaban J connectivity index is 1.22. The fraction of sp³-hybridized carbons (Fsp3) is 0.280. The highest BCUT2D eigenvalue weighted by Crippen LogP contribution is 2.34. The molecule has 0 saturated heterocycles. The van der Waals surface area contributed by atoms with Crippen LogP contribution >= 0.6 is 0 Å². The van der Waals surface area contributed by atoms with Crippen LogP contribution in [0.4, 0.5) is 5.69 Å². The second kappa shape index (κ2) is 8.66. The molecule has 1 aliphatic rings. The third-order valence-corrected chi connectivity index (χ3v) is 5.91. The monoisotopic (exact) mass is 460 g/mol. The highest BCUT2D eigenvalue weighted by atomic mass is 16.7. The number of carbonyl (C=O) groups is 2. The van der Waals surface area contributed by atoms with Crippen molar-refractivity contribution in [2.24, 2.45) is 0 Å². The minimum Gasteiger partial charge on any atom is -0.454 e. The minimum atomic E-state index is -0.947. The molecule has 0 fully saturated rings. The Kier molecular flexibility index (Phi) is 5.53. The number of rotatable bonds is 6. The average Bonchev–Trinajstić information content (AvgIpc) is 3.43. The highest BCUT2D eigenvalue weighted by Gasteiger charge is 2.21. The van der Waals surface area contributed by atoms with E-state index in [9.17, 15) is 9.59 Å². The molecule has 2 aromatic carbocycles. The van der Waals surface area contributed by atoms with Crippen LogP contribution in [-0.4, -0.2) is 39.4 Å². The van der Waals surface area contributed by atoms with Crippen LogP contribution < -0.4 is 14.8 Å². The van der Waals surface area contributed by atoms with Crippen LogP contribution in [0.1, 0.15) is 30.3 Å². The van der Waals surface area contributed by atoms with Gasteiger partial charge in [0.15, 0.2) is 23.3 Å². The molecule has 1 atom stereocenters. The van der Waals surface area contributed by atoms with E-state index in [1.807, 2.05) is 42.6 Å². The minimum absolute atomic E-state index is 0.122. The van der Waals surface area contributed by atoms with Gasteiger partial charge in [-0.05, 0) is 57.0 Å². The van der Waals surface area contributed by atoms with Gasteiger partial charge >= 0.3 is 5.97 Å². The van der Waals surface area contributed by atoms with Gasteiger partial charge in [-0.3, -0.25) is 9.59 Å². The SMILES string of the molecule is Cc1nc2c3ccccc3nn2c(C)c1CCC(=O)O[C@@H](C)C(=O)Nc1ccc2c(c1)OCO2. The zero-order valence-electron chi connectivity index (χ0n) is 19.1. The molecule has 0 bridgehead atoms. The molecule has 0 aliphatic carbocycles. The van der Waals surface area contributed by atoms with Crippen LogP contribution in [0, 0.1) is 13.8 Å². The third-order valence-electron chi connectivity index (χ3n) is 5.91. The lowest BCUT2D eigenvalue weighted by Gasteiger charge is -2.15. The number of aryl methyl sites for hydroxylation is 2. The Morgan fingerprint density at radius 1 is 1.15 bits per heavy atom. The summed E-state index contributed by atoms with van der Waals surface area (Å²) < 4.78 is 17.8. The summed E-state index contributed by atoms with van der Waals surface area (Å²) in [5, 5.41) is 8.36. The maximum absolute atomic E-state index is 12.5. The van der Waals surface area contributed by atoms with Crippen molar-refractivity contribution >= 4 is 34.1 Å². The summed E-state index contributed by atoms with van der Waals surface area (Å²) in [7, 11) is 0. The van der Waals surface area contributed by atoms with Crippen molar-refractivity contribution in [1.82, 2.24) is 14.6 Å². The summed E-state index contributed by atoms with van der Waals surface area (Å²) >= 11 is 0. The number of nitrogens with zero attached hydrogens (tertiary/aromatic N) is 3. The zero-order chi connectivity index (χ0) is 23.8. The molecule has 1 aliphatic heterocycles. The van der Waals surface area contributed by atoms with Crippen molar-refractivity contribution in [1.29, 1.82) is 0 Å². The van der Waals surface area contributed by atoms with Crippen molar-refractivity contribution < 1.29 is 23.8 Å². The number of anilines is 1. The standard InChI is InChI=1S/C25H24N4O5/c1-14-18(15(2)29-24(26-14)19-6-4-5-7-20(19)28-29)9-11-23(30)34-16(3)25(31)27-17-8-10-21-22(12-17)33-13-32-21/h4-8,10,12,16H,9,11,13H2,1-3H3,(H,27,31)/t16-/m0/s1. The molecular formula is C25H24N4O5. The Bertz CT molecular complexity index is 1430. The Labute approximate surface area is 195 Å². The fourth-order valence-corrected chi connectivity index (χ4v) is 4.09. The third kappa shape index (κ3) is 4.00. The lowest BCUT2D eigenvalue weighted by Crippen LogP contribution is -2.30. The predicted octanol–water partition coefficient (Wildman–Crippen LogP) is 3.73. The van der Waals surface area contributed by atoms with Gasteiger partial charge in [-0.25, -0.2) is 9.50 Å². The maximum atomic E-state index is 12.5. The largest absolute Gasteiger partial charge is 0.454 e. The van der Waals surface area contributed by atoms with E-state index < -0.39 is 18.0 Å². The number of nitrogens with one attached hydrogen (secondary N) is 1. The maximum Gasteiger partial charge on any atom is 0.306 e.